The first-order valence-corrected chi connectivity index (χ1v) is 14.9. The maximum atomic E-state index is 11.4. The molecule has 0 spiro atoms. The topological polar surface area (TPSA) is 120 Å². The Morgan fingerprint density at radius 1 is 0.595 bits per heavy atom. The van der Waals surface area contributed by atoms with Gasteiger partial charge in [0, 0.05) is 17.8 Å². The van der Waals surface area contributed by atoms with Crippen LogP contribution in [0.25, 0.3) is 0 Å². The van der Waals surface area contributed by atoms with Crippen LogP contribution < -0.4 is 0 Å². The van der Waals surface area contributed by atoms with Gasteiger partial charge >= 0.3 is 0 Å². The summed E-state index contributed by atoms with van der Waals surface area (Å²) in [6.45, 7) is 11.9. The van der Waals surface area contributed by atoms with E-state index in [9.17, 15) is 25.5 Å². The Bertz CT molecular complexity index is 716. The van der Waals surface area contributed by atoms with Gasteiger partial charge in [-0.1, -0.05) is 40.0 Å². The van der Waals surface area contributed by atoms with Gasteiger partial charge in [-0.05, 0) is 77.0 Å². The number of hydrogen-bond acceptors (Lipinski definition) is 7. The Labute approximate surface area is 225 Å². The van der Waals surface area contributed by atoms with E-state index in [1.807, 2.05) is 13.8 Å². The zero-order valence-corrected chi connectivity index (χ0v) is 24.2. The predicted molar refractivity (Wildman–Crippen MR) is 144 cm³/mol. The molecule has 3 rings (SSSR count). The Hall–Kier alpha value is -0.280. The molecule has 0 bridgehead atoms. The highest BCUT2D eigenvalue weighted by Crippen LogP contribution is 2.43. The monoisotopic (exact) mass is 528 g/mol. The van der Waals surface area contributed by atoms with Gasteiger partial charge in [-0.3, -0.25) is 0 Å². The molecular formula is C30H56O7. The van der Waals surface area contributed by atoms with Crippen molar-refractivity contribution >= 4 is 0 Å². The fourth-order valence-corrected chi connectivity index (χ4v) is 7.45. The third kappa shape index (κ3) is 7.47. The van der Waals surface area contributed by atoms with E-state index in [4.69, 9.17) is 9.47 Å². The smallest absolute Gasteiger partial charge is 0.0941 e. The Morgan fingerprint density at radius 2 is 0.973 bits per heavy atom. The van der Waals surface area contributed by atoms with Crippen molar-refractivity contribution in [2.75, 3.05) is 19.8 Å². The van der Waals surface area contributed by atoms with Gasteiger partial charge in [-0.2, -0.15) is 0 Å². The zero-order valence-electron chi connectivity index (χ0n) is 24.2. The molecule has 5 N–H and O–H groups in total. The predicted octanol–water partition coefficient (Wildman–Crippen LogP) is 3.67. The molecule has 37 heavy (non-hydrogen) atoms. The molecule has 3 saturated carbocycles. The number of aliphatic hydroxyl groups is 5. The average molecular weight is 529 g/mol. The summed E-state index contributed by atoms with van der Waals surface area (Å²) in [6.07, 6.45) is 5.65. The van der Waals surface area contributed by atoms with E-state index < -0.39 is 35.1 Å². The van der Waals surface area contributed by atoms with Gasteiger partial charge in [0.05, 0.1) is 54.9 Å². The molecule has 0 aliphatic heterocycles. The highest BCUT2D eigenvalue weighted by Gasteiger charge is 2.49. The standard InChI is InChI=1S/C30H56O7/c1-19-7-10-22(25(32)13-19)28(4,35)17-36-30(6,24-12-9-21(3)15-27(24)34)18-37-29(5,16-31)23-11-8-20(2)14-26(23)33/h19-27,31-35H,7-18H2,1-6H3/t19-,20-,21-,22-,23-,24-,25-,26-,27-,28?,29?,30?/m1/s1. The minimum Gasteiger partial charge on any atom is -0.393 e. The van der Waals surface area contributed by atoms with Crippen LogP contribution in [0.1, 0.15) is 99.3 Å². The molecule has 3 fully saturated rings. The van der Waals surface area contributed by atoms with Gasteiger partial charge in [-0.25, -0.2) is 0 Å². The van der Waals surface area contributed by atoms with Crippen molar-refractivity contribution < 1.29 is 35.0 Å². The largest absolute Gasteiger partial charge is 0.393 e. The van der Waals surface area contributed by atoms with E-state index >= 15 is 0 Å². The molecule has 7 nitrogen and oxygen atoms in total. The lowest BCUT2D eigenvalue weighted by atomic mass is 9.71. The van der Waals surface area contributed by atoms with E-state index in [1.54, 1.807) is 6.92 Å². The molecule has 12 atom stereocenters. The lowest BCUT2D eigenvalue weighted by Crippen LogP contribution is -2.57. The maximum Gasteiger partial charge on any atom is 0.0941 e. The normalized spacial score (nSPS) is 42.4. The van der Waals surface area contributed by atoms with Gasteiger partial charge < -0.3 is 35.0 Å². The van der Waals surface area contributed by atoms with Crippen LogP contribution in [0.3, 0.4) is 0 Å². The summed E-state index contributed by atoms with van der Waals surface area (Å²) < 4.78 is 13.0. The van der Waals surface area contributed by atoms with Crippen LogP contribution in [0.5, 0.6) is 0 Å². The summed E-state index contributed by atoms with van der Waals surface area (Å²) in [5.74, 6) is 0.679. The van der Waals surface area contributed by atoms with Gasteiger partial charge in [0.25, 0.3) is 0 Å². The van der Waals surface area contributed by atoms with Crippen LogP contribution >= 0.6 is 0 Å². The summed E-state index contributed by atoms with van der Waals surface area (Å²) in [5, 5.41) is 54.5. The third-order valence-corrected chi connectivity index (χ3v) is 10.3. The Kier molecular flexibility index (Phi) is 10.5. The number of ether oxygens (including phenoxy) is 2. The first kappa shape index (κ1) is 31.3. The van der Waals surface area contributed by atoms with Crippen LogP contribution in [-0.4, -0.2) is 80.5 Å². The van der Waals surface area contributed by atoms with E-state index in [1.165, 1.54) is 0 Å². The highest BCUT2D eigenvalue weighted by atomic mass is 16.6. The molecule has 0 heterocycles. The summed E-state index contributed by atoms with van der Waals surface area (Å²) in [7, 11) is 0. The second kappa shape index (κ2) is 12.5. The van der Waals surface area contributed by atoms with Crippen LogP contribution in [-0.2, 0) is 9.47 Å². The van der Waals surface area contributed by atoms with Crippen LogP contribution in [0.4, 0.5) is 0 Å². The van der Waals surface area contributed by atoms with Crippen molar-refractivity contribution in [2.45, 2.75) is 134 Å². The third-order valence-electron chi connectivity index (χ3n) is 10.3. The summed E-state index contributed by atoms with van der Waals surface area (Å²) in [5.41, 5.74) is -3.06. The molecule has 3 aliphatic carbocycles. The Morgan fingerprint density at radius 3 is 1.38 bits per heavy atom. The molecule has 0 saturated heterocycles. The van der Waals surface area contributed by atoms with Crippen LogP contribution in [0.2, 0.25) is 0 Å². The van der Waals surface area contributed by atoms with E-state index in [-0.39, 0.29) is 37.6 Å². The van der Waals surface area contributed by atoms with Crippen molar-refractivity contribution in [1.82, 2.24) is 0 Å². The SMILES string of the molecule is C[C@@H]1CC[C@@H](C(C)(O)COC(C)(COC(C)(CO)[C@@H]2CC[C@@H](C)C[C@H]2O)[C@@H]2CC[C@@H](C)C[C@H]2O)[C@H](O)C1. The van der Waals surface area contributed by atoms with Crippen molar-refractivity contribution in [3.05, 3.63) is 0 Å². The van der Waals surface area contributed by atoms with Gasteiger partial charge in [0.2, 0.25) is 0 Å². The Balaban J connectivity index is 1.77. The van der Waals surface area contributed by atoms with E-state index in [0.29, 0.717) is 37.0 Å². The van der Waals surface area contributed by atoms with Gasteiger partial charge in [-0.15, -0.1) is 0 Å². The fraction of sp³-hybridized carbons (Fsp3) is 1.00. The molecule has 0 radical (unpaired) electrons. The highest BCUT2D eigenvalue weighted by molar-refractivity contribution is 4.98. The molecule has 218 valence electrons. The number of hydrogen-bond donors (Lipinski definition) is 5. The maximum absolute atomic E-state index is 11.4. The number of rotatable bonds is 10. The molecule has 7 heteroatoms. The fourth-order valence-electron chi connectivity index (χ4n) is 7.45. The van der Waals surface area contributed by atoms with Crippen molar-refractivity contribution in [1.29, 1.82) is 0 Å². The lowest BCUT2D eigenvalue weighted by molar-refractivity contribution is -0.230. The molecule has 0 aromatic rings. The zero-order chi connectivity index (χ0) is 27.6. The van der Waals surface area contributed by atoms with Crippen LogP contribution in [0.15, 0.2) is 0 Å². The first-order chi connectivity index (χ1) is 17.2. The summed E-state index contributed by atoms with van der Waals surface area (Å²) in [6, 6.07) is 0. The average Bonchev–Trinajstić information content (AvgIpc) is 2.81. The second-order valence-electron chi connectivity index (χ2n) is 14.0. The first-order valence-electron chi connectivity index (χ1n) is 14.9. The lowest BCUT2D eigenvalue weighted by Gasteiger charge is -2.49. The molecule has 3 aliphatic rings. The van der Waals surface area contributed by atoms with Gasteiger partial charge in [0.1, 0.15) is 0 Å². The minimum absolute atomic E-state index is 0.0289. The number of aliphatic hydroxyl groups excluding tert-OH is 4. The van der Waals surface area contributed by atoms with E-state index in [0.717, 1.165) is 38.5 Å². The summed E-state index contributed by atoms with van der Waals surface area (Å²) >= 11 is 0. The second-order valence-corrected chi connectivity index (χ2v) is 14.0. The quantitative estimate of drug-likeness (QED) is 0.293. The molecule has 0 aromatic carbocycles. The van der Waals surface area contributed by atoms with Crippen molar-refractivity contribution in [3.63, 3.8) is 0 Å². The van der Waals surface area contributed by atoms with Crippen molar-refractivity contribution in [3.8, 4) is 0 Å². The summed E-state index contributed by atoms with van der Waals surface area (Å²) in [4.78, 5) is 0. The molecular weight excluding hydrogens is 472 g/mol. The molecule has 3 unspecified atom stereocenters. The minimum atomic E-state index is -1.22. The molecule has 0 aromatic heterocycles. The molecule has 0 amide bonds. The van der Waals surface area contributed by atoms with Crippen LogP contribution in [0, 0.1) is 35.5 Å². The van der Waals surface area contributed by atoms with Gasteiger partial charge in [0.15, 0.2) is 0 Å². The van der Waals surface area contributed by atoms with Crippen molar-refractivity contribution in [2.24, 2.45) is 35.5 Å². The van der Waals surface area contributed by atoms with E-state index in [2.05, 4.69) is 20.8 Å².